The lowest BCUT2D eigenvalue weighted by molar-refractivity contribution is 0.157. The van der Waals surface area contributed by atoms with E-state index < -0.39 is 0 Å². The topological polar surface area (TPSA) is 58.0 Å². The third-order valence-corrected chi connectivity index (χ3v) is 4.44. The maximum absolute atomic E-state index is 12.8. The summed E-state index contributed by atoms with van der Waals surface area (Å²) in [6.07, 6.45) is 1.87. The van der Waals surface area contributed by atoms with Gasteiger partial charge in [0, 0.05) is 27.7 Å². The molecule has 0 saturated carbocycles. The zero-order valence-corrected chi connectivity index (χ0v) is 15.0. The summed E-state index contributed by atoms with van der Waals surface area (Å²) in [5.41, 5.74) is 1.79. The summed E-state index contributed by atoms with van der Waals surface area (Å²) in [5, 5.41) is 3.04. The lowest BCUT2D eigenvalue weighted by Gasteiger charge is -2.25. The van der Waals surface area contributed by atoms with Crippen LogP contribution in [0.2, 0.25) is 0 Å². The van der Waals surface area contributed by atoms with Crippen LogP contribution < -0.4 is 10.2 Å². The van der Waals surface area contributed by atoms with Crippen molar-refractivity contribution in [1.82, 2.24) is 4.90 Å². The lowest BCUT2D eigenvalue weighted by atomic mass is 10.2. The van der Waals surface area contributed by atoms with E-state index in [4.69, 9.17) is 9.15 Å². The number of ether oxygens (including phenoxy) is 1. The van der Waals surface area contributed by atoms with Crippen LogP contribution in [-0.4, -0.2) is 38.7 Å². The Morgan fingerprint density at radius 3 is 2.88 bits per heavy atom. The van der Waals surface area contributed by atoms with Crippen LogP contribution in [0.5, 0.6) is 0 Å². The number of carbonyl (C=O) groups excluding carboxylic acids is 1. The van der Waals surface area contributed by atoms with Gasteiger partial charge in [0.2, 0.25) is 0 Å². The van der Waals surface area contributed by atoms with Crippen molar-refractivity contribution in [2.45, 2.75) is 25.5 Å². The number of methoxy groups -OCH3 is 1. The Morgan fingerprint density at radius 2 is 2.12 bits per heavy atom. The molecule has 1 aliphatic heterocycles. The van der Waals surface area contributed by atoms with Gasteiger partial charge in [-0.05, 0) is 37.1 Å². The van der Waals surface area contributed by atoms with Gasteiger partial charge in [0.05, 0.1) is 17.4 Å². The first-order chi connectivity index (χ1) is 12.1. The minimum absolute atomic E-state index is 0.0304. The number of carbonyl (C=O) groups is 1. The summed E-state index contributed by atoms with van der Waals surface area (Å²) in [6.45, 7) is 1.16. The van der Waals surface area contributed by atoms with Crippen molar-refractivity contribution in [2.75, 3.05) is 38.0 Å². The monoisotopic (exact) mass is 343 g/mol. The first-order valence-electron chi connectivity index (χ1n) is 8.51. The molecular weight excluding hydrogens is 318 g/mol. The molecule has 0 unspecified atom stereocenters. The minimum atomic E-state index is -0.0958. The normalized spacial score (nSPS) is 16.9. The molecule has 0 radical (unpaired) electrons. The number of hydrogen-bond donors (Lipinski definition) is 1. The van der Waals surface area contributed by atoms with Crippen LogP contribution in [0.25, 0.3) is 0 Å². The number of likely N-dealkylation sites (tertiary alicyclic amines) is 1. The maximum Gasteiger partial charge on any atom is 0.322 e. The SMILES string of the molecule is COCc1ccc([C@H]2CCCN2C(=O)Nc2ccccc2N(C)C)o1. The molecule has 134 valence electrons. The Labute approximate surface area is 148 Å². The van der Waals surface area contributed by atoms with Crippen molar-refractivity contribution in [2.24, 2.45) is 0 Å². The molecule has 1 aliphatic rings. The molecular formula is C19H25N3O3. The molecule has 3 rings (SSSR count). The quantitative estimate of drug-likeness (QED) is 0.895. The number of hydrogen-bond acceptors (Lipinski definition) is 4. The number of urea groups is 1. The number of nitrogens with one attached hydrogen (secondary N) is 1. The molecule has 0 spiro atoms. The van der Waals surface area contributed by atoms with Crippen LogP contribution in [0, 0.1) is 0 Å². The van der Waals surface area contributed by atoms with Gasteiger partial charge in [-0.3, -0.25) is 0 Å². The van der Waals surface area contributed by atoms with Crippen LogP contribution in [0.4, 0.5) is 16.2 Å². The Bertz CT molecular complexity index is 726. The highest BCUT2D eigenvalue weighted by Crippen LogP contribution is 2.34. The van der Waals surface area contributed by atoms with Crippen molar-refractivity contribution in [3.8, 4) is 0 Å². The average molecular weight is 343 g/mol. The summed E-state index contributed by atoms with van der Waals surface area (Å²) >= 11 is 0. The number of anilines is 2. The first-order valence-corrected chi connectivity index (χ1v) is 8.51. The van der Waals surface area contributed by atoms with Gasteiger partial charge in [-0.15, -0.1) is 0 Å². The molecule has 6 nitrogen and oxygen atoms in total. The second kappa shape index (κ2) is 7.61. The molecule has 2 heterocycles. The Hall–Kier alpha value is -2.47. The summed E-state index contributed by atoms with van der Waals surface area (Å²) in [6, 6.07) is 11.5. The highest BCUT2D eigenvalue weighted by Gasteiger charge is 2.32. The van der Waals surface area contributed by atoms with Gasteiger partial charge in [0.15, 0.2) is 0 Å². The van der Waals surface area contributed by atoms with Crippen LogP contribution >= 0.6 is 0 Å². The number of furan rings is 1. The molecule has 0 bridgehead atoms. The number of nitrogens with zero attached hydrogens (tertiary/aromatic N) is 2. The number of benzene rings is 1. The van der Waals surface area contributed by atoms with E-state index in [1.165, 1.54) is 0 Å². The predicted octanol–water partition coefficient (Wildman–Crippen LogP) is 3.86. The fourth-order valence-corrected chi connectivity index (χ4v) is 3.26. The summed E-state index contributed by atoms with van der Waals surface area (Å²) in [7, 11) is 5.56. The molecule has 0 aliphatic carbocycles. The maximum atomic E-state index is 12.8. The standard InChI is InChI=1S/C19H25N3O3/c1-21(2)16-8-5-4-7-15(16)20-19(23)22-12-6-9-17(22)18-11-10-14(25-18)13-24-3/h4-5,7-8,10-11,17H,6,9,12-13H2,1-3H3,(H,20,23)/t17-/m1/s1. The average Bonchev–Trinajstić information content (AvgIpc) is 3.24. The zero-order chi connectivity index (χ0) is 17.8. The van der Waals surface area contributed by atoms with E-state index in [0.717, 1.165) is 42.3 Å². The van der Waals surface area contributed by atoms with E-state index in [1.807, 2.05) is 60.3 Å². The molecule has 1 N–H and O–H groups in total. The Morgan fingerprint density at radius 1 is 1.32 bits per heavy atom. The Kier molecular flexibility index (Phi) is 5.28. The predicted molar refractivity (Wildman–Crippen MR) is 97.9 cm³/mol. The summed E-state index contributed by atoms with van der Waals surface area (Å²) in [4.78, 5) is 16.7. The summed E-state index contributed by atoms with van der Waals surface area (Å²) in [5.74, 6) is 1.60. The van der Waals surface area contributed by atoms with E-state index in [1.54, 1.807) is 7.11 Å². The molecule has 1 aromatic carbocycles. The highest BCUT2D eigenvalue weighted by molar-refractivity contribution is 5.93. The van der Waals surface area contributed by atoms with Crippen molar-refractivity contribution >= 4 is 17.4 Å². The molecule has 2 amide bonds. The summed E-state index contributed by atoms with van der Waals surface area (Å²) < 4.78 is 10.9. The van der Waals surface area contributed by atoms with Gasteiger partial charge in [0.1, 0.15) is 18.1 Å². The van der Waals surface area contributed by atoms with Crippen molar-refractivity contribution in [3.05, 3.63) is 47.9 Å². The minimum Gasteiger partial charge on any atom is -0.461 e. The third kappa shape index (κ3) is 3.79. The molecule has 2 aromatic rings. The fourth-order valence-electron chi connectivity index (χ4n) is 3.26. The largest absolute Gasteiger partial charge is 0.461 e. The third-order valence-electron chi connectivity index (χ3n) is 4.44. The molecule has 1 saturated heterocycles. The molecule has 6 heteroatoms. The van der Waals surface area contributed by atoms with Crippen LogP contribution in [0.15, 0.2) is 40.8 Å². The first kappa shape index (κ1) is 17.4. The fraction of sp³-hybridized carbons (Fsp3) is 0.421. The molecule has 1 atom stereocenters. The molecule has 1 fully saturated rings. The van der Waals surface area contributed by atoms with Gasteiger partial charge in [-0.2, -0.15) is 0 Å². The van der Waals surface area contributed by atoms with Gasteiger partial charge in [0.25, 0.3) is 0 Å². The highest BCUT2D eigenvalue weighted by atomic mass is 16.5. The zero-order valence-electron chi connectivity index (χ0n) is 15.0. The van der Waals surface area contributed by atoms with E-state index in [0.29, 0.717) is 6.61 Å². The second-order valence-corrected chi connectivity index (χ2v) is 6.43. The van der Waals surface area contributed by atoms with E-state index >= 15 is 0 Å². The van der Waals surface area contributed by atoms with Gasteiger partial charge < -0.3 is 24.3 Å². The van der Waals surface area contributed by atoms with Crippen LogP contribution in [0.3, 0.4) is 0 Å². The van der Waals surface area contributed by atoms with Gasteiger partial charge in [-0.25, -0.2) is 4.79 Å². The van der Waals surface area contributed by atoms with E-state index in [9.17, 15) is 4.79 Å². The lowest BCUT2D eigenvalue weighted by Crippen LogP contribution is -2.34. The molecule has 1 aromatic heterocycles. The van der Waals surface area contributed by atoms with Gasteiger partial charge in [-0.1, -0.05) is 12.1 Å². The smallest absolute Gasteiger partial charge is 0.322 e. The van der Waals surface area contributed by atoms with Crippen LogP contribution in [0.1, 0.15) is 30.4 Å². The van der Waals surface area contributed by atoms with Crippen molar-refractivity contribution in [1.29, 1.82) is 0 Å². The van der Waals surface area contributed by atoms with Crippen LogP contribution in [-0.2, 0) is 11.3 Å². The number of para-hydroxylation sites is 2. The van der Waals surface area contributed by atoms with E-state index in [-0.39, 0.29) is 12.1 Å². The van der Waals surface area contributed by atoms with E-state index in [2.05, 4.69) is 5.32 Å². The van der Waals surface area contributed by atoms with Crippen molar-refractivity contribution < 1.29 is 13.9 Å². The Balaban J connectivity index is 1.75. The number of rotatable bonds is 5. The van der Waals surface area contributed by atoms with Gasteiger partial charge >= 0.3 is 6.03 Å². The second-order valence-electron chi connectivity index (χ2n) is 6.43. The number of amides is 2. The molecule has 25 heavy (non-hydrogen) atoms. The van der Waals surface area contributed by atoms with Crippen molar-refractivity contribution in [3.63, 3.8) is 0 Å².